The molecule has 1 fully saturated rings. The maximum absolute atomic E-state index is 12.4. The zero-order valence-corrected chi connectivity index (χ0v) is 14.2. The number of benzene rings is 1. The lowest BCUT2D eigenvalue weighted by Gasteiger charge is -2.18. The molecule has 6 nitrogen and oxygen atoms in total. The minimum Gasteiger partial charge on any atom is -0.380 e. The molecule has 24 heavy (non-hydrogen) atoms. The Hall–Kier alpha value is -2.18. The van der Waals surface area contributed by atoms with E-state index < -0.39 is 0 Å². The molecule has 1 saturated heterocycles. The van der Waals surface area contributed by atoms with Crippen LogP contribution < -0.4 is 5.32 Å². The summed E-state index contributed by atoms with van der Waals surface area (Å²) >= 11 is 0. The number of carbonyl (C=O) groups excluding carboxylic acids is 1. The van der Waals surface area contributed by atoms with Crippen LogP contribution in [-0.4, -0.2) is 53.4 Å². The fourth-order valence-electron chi connectivity index (χ4n) is 3.16. The van der Waals surface area contributed by atoms with Crippen LogP contribution in [-0.2, 0) is 22.6 Å². The van der Waals surface area contributed by atoms with E-state index in [-0.39, 0.29) is 18.1 Å². The van der Waals surface area contributed by atoms with Crippen LogP contribution in [0, 0.1) is 0 Å². The lowest BCUT2D eigenvalue weighted by molar-refractivity contribution is -0.125. The third-order valence-corrected chi connectivity index (χ3v) is 4.51. The maximum atomic E-state index is 12.4. The molecule has 0 spiro atoms. The summed E-state index contributed by atoms with van der Waals surface area (Å²) < 4.78 is 7.25. The SMILES string of the molecule is CO[C@H]1C[C@@H](C(=O)NCc2cccc(Cn3cccn3)c2)N(C)C1. The van der Waals surface area contributed by atoms with Gasteiger partial charge < -0.3 is 10.1 Å². The fourth-order valence-corrected chi connectivity index (χ4v) is 3.16. The number of hydrogen-bond acceptors (Lipinski definition) is 4. The second kappa shape index (κ2) is 7.59. The molecule has 2 heterocycles. The van der Waals surface area contributed by atoms with Crippen LogP contribution in [0.1, 0.15) is 17.5 Å². The lowest BCUT2D eigenvalue weighted by atomic mass is 10.1. The Balaban J connectivity index is 1.55. The summed E-state index contributed by atoms with van der Waals surface area (Å²) in [5.74, 6) is 0.0644. The Labute approximate surface area is 142 Å². The first kappa shape index (κ1) is 16.7. The third-order valence-electron chi connectivity index (χ3n) is 4.51. The van der Waals surface area contributed by atoms with Gasteiger partial charge in [-0.3, -0.25) is 14.4 Å². The van der Waals surface area contributed by atoms with Crippen LogP contribution in [0.4, 0.5) is 0 Å². The van der Waals surface area contributed by atoms with Gasteiger partial charge >= 0.3 is 0 Å². The maximum Gasteiger partial charge on any atom is 0.237 e. The van der Waals surface area contributed by atoms with Crippen molar-refractivity contribution >= 4 is 5.91 Å². The molecule has 1 aliphatic rings. The van der Waals surface area contributed by atoms with Gasteiger partial charge in [-0.05, 0) is 30.7 Å². The summed E-state index contributed by atoms with van der Waals surface area (Å²) in [6.07, 6.45) is 4.60. The van der Waals surface area contributed by atoms with E-state index in [2.05, 4.69) is 27.4 Å². The predicted octanol–water partition coefficient (Wildman–Crippen LogP) is 1.27. The summed E-state index contributed by atoms with van der Waals surface area (Å²) in [5.41, 5.74) is 2.26. The van der Waals surface area contributed by atoms with Crippen molar-refractivity contribution in [2.45, 2.75) is 31.7 Å². The van der Waals surface area contributed by atoms with Crippen molar-refractivity contribution in [1.82, 2.24) is 20.0 Å². The number of carbonyl (C=O) groups is 1. The molecule has 0 bridgehead atoms. The van der Waals surface area contributed by atoms with Gasteiger partial charge in [-0.2, -0.15) is 5.10 Å². The molecule has 2 aromatic rings. The van der Waals surface area contributed by atoms with E-state index in [4.69, 9.17) is 4.74 Å². The van der Waals surface area contributed by atoms with Gasteiger partial charge in [0.15, 0.2) is 0 Å². The Morgan fingerprint density at radius 2 is 2.21 bits per heavy atom. The summed E-state index contributed by atoms with van der Waals surface area (Å²) in [6, 6.07) is 10.0. The van der Waals surface area contributed by atoms with Crippen molar-refractivity contribution in [1.29, 1.82) is 0 Å². The van der Waals surface area contributed by atoms with E-state index in [0.29, 0.717) is 6.54 Å². The molecule has 1 N–H and O–H groups in total. The van der Waals surface area contributed by atoms with E-state index in [1.807, 2.05) is 36.1 Å². The van der Waals surface area contributed by atoms with E-state index in [0.717, 1.165) is 25.1 Å². The van der Waals surface area contributed by atoms with Crippen LogP contribution in [0.5, 0.6) is 0 Å². The highest BCUT2D eigenvalue weighted by Gasteiger charge is 2.34. The highest BCUT2D eigenvalue weighted by atomic mass is 16.5. The summed E-state index contributed by atoms with van der Waals surface area (Å²) in [5, 5.41) is 7.26. The molecule has 1 aromatic heterocycles. The molecule has 0 saturated carbocycles. The van der Waals surface area contributed by atoms with E-state index in [9.17, 15) is 4.79 Å². The van der Waals surface area contributed by atoms with Crippen molar-refractivity contribution in [3.05, 3.63) is 53.9 Å². The van der Waals surface area contributed by atoms with Gasteiger partial charge in [-0.1, -0.05) is 24.3 Å². The van der Waals surface area contributed by atoms with Crippen LogP contribution in [0.2, 0.25) is 0 Å². The van der Waals surface area contributed by atoms with Gasteiger partial charge in [-0.15, -0.1) is 0 Å². The standard InChI is InChI=1S/C18H24N4O2/c1-21-13-16(24-2)10-17(21)18(23)19-11-14-5-3-6-15(9-14)12-22-8-4-7-20-22/h3-9,16-17H,10-13H2,1-2H3,(H,19,23)/t16-,17-/m0/s1. The highest BCUT2D eigenvalue weighted by molar-refractivity contribution is 5.82. The number of hydrogen-bond donors (Lipinski definition) is 1. The first-order valence-electron chi connectivity index (χ1n) is 8.21. The van der Waals surface area contributed by atoms with E-state index in [1.54, 1.807) is 13.3 Å². The zero-order valence-electron chi connectivity index (χ0n) is 14.2. The lowest BCUT2D eigenvalue weighted by Crippen LogP contribution is -2.41. The molecule has 0 radical (unpaired) electrons. The average Bonchev–Trinajstić information content (AvgIpc) is 3.22. The molecule has 0 unspecified atom stereocenters. The van der Waals surface area contributed by atoms with Gasteiger partial charge in [0.25, 0.3) is 0 Å². The Morgan fingerprint density at radius 1 is 1.38 bits per heavy atom. The Morgan fingerprint density at radius 3 is 2.92 bits per heavy atom. The van der Waals surface area contributed by atoms with Crippen LogP contribution in [0.15, 0.2) is 42.7 Å². The number of likely N-dealkylation sites (tertiary alicyclic amines) is 1. The zero-order chi connectivity index (χ0) is 16.9. The number of amides is 1. The Bertz CT molecular complexity index is 671. The van der Waals surface area contributed by atoms with Crippen molar-refractivity contribution in [2.24, 2.45) is 0 Å². The Kier molecular flexibility index (Phi) is 5.27. The highest BCUT2D eigenvalue weighted by Crippen LogP contribution is 2.18. The second-order valence-corrected chi connectivity index (χ2v) is 6.29. The van der Waals surface area contributed by atoms with Gasteiger partial charge in [0.1, 0.15) is 0 Å². The van der Waals surface area contributed by atoms with Crippen molar-refractivity contribution in [2.75, 3.05) is 20.7 Å². The molecular weight excluding hydrogens is 304 g/mol. The minimum absolute atomic E-state index is 0.0644. The van der Waals surface area contributed by atoms with Gasteiger partial charge in [0, 0.05) is 32.6 Å². The monoisotopic (exact) mass is 328 g/mol. The predicted molar refractivity (Wildman–Crippen MR) is 91.4 cm³/mol. The largest absolute Gasteiger partial charge is 0.380 e. The molecule has 1 aliphatic heterocycles. The second-order valence-electron chi connectivity index (χ2n) is 6.29. The summed E-state index contributed by atoms with van der Waals surface area (Å²) in [6.45, 7) is 2.07. The summed E-state index contributed by atoms with van der Waals surface area (Å²) in [7, 11) is 3.66. The van der Waals surface area contributed by atoms with Gasteiger partial charge in [-0.25, -0.2) is 0 Å². The number of ether oxygens (including phenoxy) is 1. The number of nitrogens with zero attached hydrogens (tertiary/aromatic N) is 3. The van der Waals surface area contributed by atoms with Crippen molar-refractivity contribution < 1.29 is 9.53 Å². The smallest absolute Gasteiger partial charge is 0.237 e. The van der Waals surface area contributed by atoms with Crippen LogP contribution in [0.3, 0.4) is 0 Å². The molecule has 128 valence electrons. The fraction of sp³-hybridized carbons (Fsp3) is 0.444. The quantitative estimate of drug-likeness (QED) is 0.867. The molecule has 2 atom stereocenters. The summed E-state index contributed by atoms with van der Waals surface area (Å²) in [4.78, 5) is 14.5. The first-order chi connectivity index (χ1) is 11.7. The molecule has 0 aliphatic carbocycles. The first-order valence-corrected chi connectivity index (χ1v) is 8.21. The number of rotatable bonds is 6. The number of aromatic nitrogens is 2. The van der Waals surface area contributed by atoms with Gasteiger partial charge in [0.2, 0.25) is 5.91 Å². The topological polar surface area (TPSA) is 59.4 Å². The third kappa shape index (κ3) is 4.01. The average molecular weight is 328 g/mol. The van der Waals surface area contributed by atoms with Crippen molar-refractivity contribution in [3.63, 3.8) is 0 Å². The number of methoxy groups -OCH3 is 1. The minimum atomic E-state index is -0.109. The molecule has 1 amide bonds. The van der Waals surface area contributed by atoms with E-state index >= 15 is 0 Å². The molecule has 3 rings (SSSR count). The normalized spacial score (nSPS) is 21.1. The van der Waals surface area contributed by atoms with E-state index in [1.165, 1.54) is 5.56 Å². The van der Waals surface area contributed by atoms with Crippen molar-refractivity contribution in [3.8, 4) is 0 Å². The molecular formula is C18H24N4O2. The molecule has 6 heteroatoms. The number of likely N-dealkylation sites (N-methyl/N-ethyl adjacent to an activating group) is 1. The molecule has 1 aromatic carbocycles. The van der Waals surface area contributed by atoms with Crippen LogP contribution >= 0.6 is 0 Å². The van der Waals surface area contributed by atoms with Crippen LogP contribution in [0.25, 0.3) is 0 Å². The van der Waals surface area contributed by atoms with Gasteiger partial charge in [0.05, 0.1) is 18.7 Å². The number of nitrogens with one attached hydrogen (secondary N) is 1.